The summed E-state index contributed by atoms with van der Waals surface area (Å²) in [6.07, 6.45) is 4.80. The van der Waals surface area contributed by atoms with E-state index in [0.717, 1.165) is 69.9 Å². The Labute approximate surface area is 148 Å². The highest BCUT2D eigenvalue weighted by molar-refractivity contribution is 6.30. The van der Waals surface area contributed by atoms with E-state index in [9.17, 15) is 4.79 Å². The first-order chi connectivity index (χ1) is 11.6. The summed E-state index contributed by atoms with van der Waals surface area (Å²) in [5, 5.41) is 0.783. The minimum atomic E-state index is -0.0573. The van der Waals surface area contributed by atoms with E-state index in [1.807, 2.05) is 12.1 Å². The number of amides is 1. The molecule has 0 aromatic heterocycles. The van der Waals surface area contributed by atoms with Crippen LogP contribution in [0.15, 0.2) is 24.3 Å². The van der Waals surface area contributed by atoms with Crippen molar-refractivity contribution in [1.82, 2.24) is 9.80 Å². The van der Waals surface area contributed by atoms with Gasteiger partial charge in [0.2, 0.25) is 5.91 Å². The van der Waals surface area contributed by atoms with Gasteiger partial charge >= 0.3 is 0 Å². The van der Waals surface area contributed by atoms with Gasteiger partial charge in [0.15, 0.2) is 0 Å². The van der Waals surface area contributed by atoms with Gasteiger partial charge in [-0.1, -0.05) is 23.7 Å². The van der Waals surface area contributed by atoms with Gasteiger partial charge in [-0.15, -0.1) is 0 Å². The molecule has 3 heterocycles. The second-order valence-electron chi connectivity index (χ2n) is 7.46. The molecule has 4 nitrogen and oxygen atoms in total. The molecule has 5 heteroatoms. The molecule has 3 saturated heterocycles. The zero-order valence-corrected chi connectivity index (χ0v) is 14.8. The van der Waals surface area contributed by atoms with Gasteiger partial charge in [-0.2, -0.15) is 0 Å². The highest BCUT2D eigenvalue weighted by atomic mass is 35.5. The maximum absolute atomic E-state index is 12.1. The van der Waals surface area contributed by atoms with Crippen molar-refractivity contribution >= 4 is 17.5 Å². The Morgan fingerprint density at radius 3 is 2.83 bits per heavy atom. The number of carbonyl (C=O) groups excluding carboxylic acids is 1. The number of nitrogens with zero attached hydrogens (tertiary/aromatic N) is 2. The van der Waals surface area contributed by atoms with E-state index < -0.39 is 0 Å². The third kappa shape index (κ3) is 3.32. The van der Waals surface area contributed by atoms with Crippen molar-refractivity contribution in [3.63, 3.8) is 0 Å². The molecule has 3 fully saturated rings. The summed E-state index contributed by atoms with van der Waals surface area (Å²) in [6.45, 7) is 4.68. The van der Waals surface area contributed by atoms with Crippen LogP contribution in [0.2, 0.25) is 5.02 Å². The first kappa shape index (κ1) is 16.4. The third-order valence-corrected chi connectivity index (χ3v) is 5.98. The lowest BCUT2D eigenvalue weighted by molar-refractivity contribution is -0.137. The Morgan fingerprint density at radius 2 is 2.08 bits per heavy atom. The molecule has 130 valence electrons. The summed E-state index contributed by atoms with van der Waals surface area (Å²) < 4.78 is 6.24. The molecule has 0 N–H and O–H groups in total. The second kappa shape index (κ2) is 6.66. The molecule has 1 aromatic rings. The molecule has 0 unspecified atom stereocenters. The van der Waals surface area contributed by atoms with Crippen molar-refractivity contribution in [3.8, 4) is 0 Å². The lowest BCUT2D eigenvalue weighted by atomic mass is 9.89. The Bertz CT molecular complexity index is 606. The average molecular weight is 349 g/mol. The van der Waals surface area contributed by atoms with Crippen molar-refractivity contribution in [2.24, 2.45) is 0 Å². The molecule has 2 atom stereocenters. The maximum atomic E-state index is 12.1. The van der Waals surface area contributed by atoms with Crippen LogP contribution in [0.3, 0.4) is 0 Å². The molecular formula is C19H25ClN2O2. The Morgan fingerprint density at radius 1 is 1.25 bits per heavy atom. The highest BCUT2D eigenvalue weighted by Crippen LogP contribution is 2.37. The highest BCUT2D eigenvalue weighted by Gasteiger charge is 2.45. The van der Waals surface area contributed by atoms with Crippen LogP contribution in [0, 0.1) is 0 Å². The van der Waals surface area contributed by atoms with Crippen molar-refractivity contribution < 1.29 is 9.53 Å². The summed E-state index contributed by atoms with van der Waals surface area (Å²) in [5.41, 5.74) is 1.23. The minimum Gasteiger partial charge on any atom is -0.373 e. The van der Waals surface area contributed by atoms with E-state index in [1.165, 1.54) is 5.56 Å². The van der Waals surface area contributed by atoms with Crippen LogP contribution in [0.25, 0.3) is 0 Å². The zero-order valence-electron chi connectivity index (χ0n) is 14.0. The van der Waals surface area contributed by atoms with E-state index in [4.69, 9.17) is 16.3 Å². The third-order valence-electron chi connectivity index (χ3n) is 5.73. The molecule has 1 amide bonds. The molecule has 1 aromatic carbocycles. The van der Waals surface area contributed by atoms with Crippen LogP contribution in [-0.4, -0.2) is 53.6 Å². The average Bonchev–Trinajstić information content (AvgIpc) is 3.17. The van der Waals surface area contributed by atoms with Crippen molar-refractivity contribution in [1.29, 1.82) is 0 Å². The van der Waals surface area contributed by atoms with Gasteiger partial charge < -0.3 is 9.64 Å². The number of rotatable bonds is 3. The molecule has 0 aliphatic carbocycles. The summed E-state index contributed by atoms with van der Waals surface area (Å²) >= 11 is 5.97. The molecule has 24 heavy (non-hydrogen) atoms. The monoisotopic (exact) mass is 348 g/mol. The standard InChI is InChI=1S/C19H25ClN2O2/c20-16-5-3-15(4-6-16)13-21-10-8-19(14-21)12-17(7-11-24-19)22-9-1-2-18(22)23/h3-6,17H,1-2,7-14H2/t17-,19+/m0/s1. The Hall–Kier alpha value is -1.10. The molecule has 0 bridgehead atoms. The molecule has 3 aliphatic heterocycles. The van der Waals surface area contributed by atoms with Gasteiger partial charge in [0.05, 0.1) is 5.60 Å². The largest absolute Gasteiger partial charge is 0.373 e. The molecule has 4 rings (SSSR count). The summed E-state index contributed by atoms with van der Waals surface area (Å²) in [5.74, 6) is 0.341. The van der Waals surface area contributed by atoms with Crippen LogP contribution < -0.4 is 0 Å². The fraction of sp³-hybridized carbons (Fsp3) is 0.632. The molecular weight excluding hydrogens is 324 g/mol. The molecule has 0 saturated carbocycles. The Kier molecular flexibility index (Phi) is 4.54. The normalized spacial score (nSPS) is 31.3. The van der Waals surface area contributed by atoms with Crippen molar-refractivity contribution in [2.45, 2.75) is 50.3 Å². The van der Waals surface area contributed by atoms with Crippen molar-refractivity contribution in [3.05, 3.63) is 34.9 Å². The van der Waals surface area contributed by atoms with E-state index in [-0.39, 0.29) is 5.60 Å². The predicted octanol–water partition coefficient (Wildman–Crippen LogP) is 3.09. The second-order valence-corrected chi connectivity index (χ2v) is 7.89. The predicted molar refractivity (Wildman–Crippen MR) is 94.0 cm³/mol. The maximum Gasteiger partial charge on any atom is 0.222 e. The van der Waals surface area contributed by atoms with Gasteiger partial charge in [-0.3, -0.25) is 9.69 Å². The van der Waals surface area contributed by atoms with Gasteiger partial charge in [0, 0.05) is 50.3 Å². The molecule has 0 radical (unpaired) electrons. The van der Waals surface area contributed by atoms with Crippen LogP contribution >= 0.6 is 11.6 Å². The zero-order chi connectivity index (χ0) is 16.6. The number of hydrogen-bond donors (Lipinski definition) is 0. The van der Waals surface area contributed by atoms with Crippen LogP contribution in [0.1, 0.15) is 37.7 Å². The lowest BCUT2D eigenvalue weighted by Crippen LogP contribution is -2.50. The SMILES string of the molecule is O=C1CCCN1[C@H]1CCO[C@]2(CCN(Cc3ccc(Cl)cc3)C2)C1. The van der Waals surface area contributed by atoms with Gasteiger partial charge in [-0.25, -0.2) is 0 Å². The number of likely N-dealkylation sites (tertiary alicyclic amines) is 2. The number of hydrogen-bond acceptors (Lipinski definition) is 3. The molecule has 1 spiro atoms. The van der Waals surface area contributed by atoms with E-state index >= 15 is 0 Å². The summed E-state index contributed by atoms with van der Waals surface area (Å²) in [4.78, 5) is 16.7. The lowest BCUT2D eigenvalue weighted by Gasteiger charge is -2.41. The topological polar surface area (TPSA) is 32.8 Å². The summed E-state index contributed by atoms with van der Waals surface area (Å²) in [7, 11) is 0. The van der Waals surface area contributed by atoms with Gasteiger partial charge in [0.25, 0.3) is 0 Å². The van der Waals surface area contributed by atoms with Crippen LogP contribution in [-0.2, 0) is 16.1 Å². The van der Waals surface area contributed by atoms with Gasteiger partial charge in [0.1, 0.15) is 0 Å². The number of ether oxygens (including phenoxy) is 1. The van der Waals surface area contributed by atoms with Gasteiger partial charge in [-0.05, 0) is 43.4 Å². The number of benzene rings is 1. The first-order valence-electron chi connectivity index (χ1n) is 9.04. The van der Waals surface area contributed by atoms with Crippen LogP contribution in [0.4, 0.5) is 0 Å². The quantitative estimate of drug-likeness (QED) is 0.841. The van der Waals surface area contributed by atoms with Crippen LogP contribution in [0.5, 0.6) is 0 Å². The minimum absolute atomic E-state index is 0.0573. The fourth-order valence-corrected chi connectivity index (χ4v) is 4.64. The van der Waals surface area contributed by atoms with E-state index in [1.54, 1.807) is 0 Å². The molecule has 3 aliphatic rings. The number of halogens is 1. The van der Waals surface area contributed by atoms with Crippen molar-refractivity contribution in [2.75, 3.05) is 26.2 Å². The first-order valence-corrected chi connectivity index (χ1v) is 9.42. The van der Waals surface area contributed by atoms with E-state index in [0.29, 0.717) is 11.9 Å². The fourth-order valence-electron chi connectivity index (χ4n) is 4.52. The Balaban J connectivity index is 1.39. The smallest absolute Gasteiger partial charge is 0.222 e. The number of carbonyl (C=O) groups is 1. The van der Waals surface area contributed by atoms with E-state index in [2.05, 4.69) is 21.9 Å². The summed E-state index contributed by atoms with van der Waals surface area (Å²) in [6, 6.07) is 8.48.